The number of carbonyl (C=O) groups excluding carboxylic acids is 1. The van der Waals surface area contributed by atoms with Crippen molar-refractivity contribution >= 4 is 28.6 Å². The van der Waals surface area contributed by atoms with E-state index in [9.17, 15) is 14.7 Å². The van der Waals surface area contributed by atoms with Crippen molar-refractivity contribution in [3.63, 3.8) is 0 Å². The van der Waals surface area contributed by atoms with Gasteiger partial charge in [-0.2, -0.15) is 0 Å². The van der Waals surface area contributed by atoms with Crippen molar-refractivity contribution in [3.05, 3.63) is 35.9 Å². The maximum atomic E-state index is 13.1. The van der Waals surface area contributed by atoms with Crippen LogP contribution in [0, 0.1) is 5.92 Å². The highest BCUT2D eigenvalue weighted by Gasteiger charge is 2.33. The van der Waals surface area contributed by atoms with Crippen LogP contribution in [-0.2, 0) is 4.79 Å². The zero-order valence-corrected chi connectivity index (χ0v) is 14.0. The third-order valence-corrected chi connectivity index (χ3v) is 5.16. The average Bonchev–Trinajstić information content (AvgIpc) is 3.31. The minimum atomic E-state index is -0.827. The first-order valence-electron chi connectivity index (χ1n) is 8.80. The second kappa shape index (κ2) is 6.35. The van der Waals surface area contributed by atoms with Crippen molar-refractivity contribution in [3.8, 4) is 0 Å². The fraction of sp³-hybridized carbons (Fsp3) is 0.421. The van der Waals surface area contributed by atoms with E-state index in [0.717, 1.165) is 42.7 Å². The van der Waals surface area contributed by atoms with Crippen LogP contribution in [0.5, 0.6) is 0 Å². The molecule has 6 heteroatoms. The SMILES string of the molecule is O=C(O)[C@H]1CCN(C(=O)c2cc3ccccc3nc2N2CCCC2)C1. The number of carboxylic acids is 1. The average molecular weight is 339 g/mol. The summed E-state index contributed by atoms with van der Waals surface area (Å²) in [6.07, 6.45) is 2.72. The molecule has 0 spiro atoms. The second-order valence-corrected chi connectivity index (χ2v) is 6.82. The van der Waals surface area contributed by atoms with Gasteiger partial charge < -0.3 is 14.9 Å². The first kappa shape index (κ1) is 15.9. The van der Waals surface area contributed by atoms with Crippen LogP contribution < -0.4 is 4.90 Å². The summed E-state index contributed by atoms with van der Waals surface area (Å²) in [6.45, 7) is 2.58. The van der Waals surface area contributed by atoms with E-state index in [-0.39, 0.29) is 12.5 Å². The summed E-state index contributed by atoms with van der Waals surface area (Å²) in [6, 6.07) is 9.70. The molecular formula is C19H21N3O3. The number of fused-ring (bicyclic) bond motifs is 1. The normalized spacial score (nSPS) is 20.4. The number of pyridine rings is 1. The number of hydrogen-bond donors (Lipinski definition) is 1. The van der Waals surface area contributed by atoms with Crippen LogP contribution in [0.4, 0.5) is 5.82 Å². The first-order valence-corrected chi connectivity index (χ1v) is 8.80. The van der Waals surface area contributed by atoms with E-state index in [1.54, 1.807) is 4.90 Å². The molecular weight excluding hydrogens is 318 g/mol. The van der Waals surface area contributed by atoms with E-state index >= 15 is 0 Å². The molecule has 2 aliphatic heterocycles. The smallest absolute Gasteiger partial charge is 0.308 e. The molecule has 0 saturated carbocycles. The van der Waals surface area contributed by atoms with Crippen molar-refractivity contribution < 1.29 is 14.7 Å². The number of aliphatic carboxylic acids is 1. The predicted molar refractivity (Wildman–Crippen MR) is 94.8 cm³/mol. The van der Waals surface area contributed by atoms with Crippen LogP contribution in [-0.4, -0.2) is 53.0 Å². The van der Waals surface area contributed by atoms with Crippen molar-refractivity contribution in [1.29, 1.82) is 0 Å². The Balaban J connectivity index is 1.72. The molecule has 2 saturated heterocycles. The molecule has 1 atom stereocenters. The number of carbonyl (C=O) groups is 2. The highest BCUT2D eigenvalue weighted by Crippen LogP contribution is 2.29. The molecule has 0 aliphatic carbocycles. The number of benzene rings is 1. The Bertz CT molecular complexity index is 830. The molecule has 4 rings (SSSR count). The standard InChI is InChI=1S/C19H21N3O3/c23-18(22-10-7-14(12-22)19(24)25)15-11-13-5-1-2-6-16(13)20-17(15)21-8-3-4-9-21/h1-2,5-6,11,14H,3-4,7-10,12H2,(H,24,25)/t14-/m0/s1. The zero-order valence-electron chi connectivity index (χ0n) is 14.0. The Labute approximate surface area is 146 Å². The molecule has 2 fully saturated rings. The largest absolute Gasteiger partial charge is 0.481 e. The number of carboxylic acid groups (broad SMARTS) is 1. The van der Waals surface area contributed by atoms with Gasteiger partial charge in [0.25, 0.3) is 5.91 Å². The van der Waals surface area contributed by atoms with Crippen molar-refractivity contribution in [1.82, 2.24) is 9.88 Å². The van der Waals surface area contributed by atoms with E-state index in [0.29, 0.717) is 18.5 Å². The molecule has 1 amide bonds. The Kier molecular flexibility index (Phi) is 4.03. The van der Waals surface area contributed by atoms with Crippen molar-refractivity contribution in [2.45, 2.75) is 19.3 Å². The van der Waals surface area contributed by atoms with Gasteiger partial charge in [-0.1, -0.05) is 18.2 Å². The molecule has 6 nitrogen and oxygen atoms in total. The summed E-state index contributed by atoms with van der Waals surface area (Å²) < 4.78 is 0. The Morgan fingerprint density at radius 3 is 2.60 bits per heavy atom. The highest BCUT2D eigenvalue weighted by molar-refractivity contribution is 6.02. The van der Waals surface area contributed by atoms with E-state index in [4.69, 9.17) is 4.98 Å². The summed E-state index contributed by atoms with van der Waals surface area (Å²) in [5.74, 6) is -0.664. The van der Waals surface area contributed by atoms with Crippen LogP contribution in [0.3, 0.4) is 0 Å². The van der Waals surface area contributed by atoms with Gasteiger partial charge in [-0.3, -0.25) is 9.59 Å². The Morgan fingerprint density at radius 1 is 1.12 bits per heavy atom. The van der Waals surface area contributed by atoms with Gasteiger partial charge in [-0.15, -0.1) is 0 Å². The van der Waals surface area contributed by atoms with Crippen LogP contribution in [0.15, 0.2) is 30.3 Å². The molecule has 25 heavy (non-hydrogen) atoms. The van der Waals surface area contributed by atoms with Gasteiger partial charge in [0.2, 0.25) is 0 Å². The first-order chi connectivity index (χ1) is 12.1. The molecule has 1 aromatic carbocycles. The lowest BCUT2D eigenvalue weighted by molar-refractivity contribution is -0.141. The highest BCUT2D eigenvalue weighted by atomic mass is 16.4. The van der Waals surface area contributed by atoms with Gasteiger partial charge in [0.05, 0.1) is 17.0 Å². The van der Waals surface area contributed by atoms with Gasteiger partial charge in [0, 0.05) is 31.6 Å². The number of rotatable bonds is 3. The number of likely N-dealkylation sites (tertiary alicyclic amines) is 1. The van der Waals surface area contributed by atoms with E-state index in [1.165, 1.54) is 0 Å². The monoisotopic (exact) mass is 339 g/mol. The van der Waals surface area contributed by atoms with E-state index in [1.807, 2.05) is 30.3 Å². The quantitative estimate of drug-likeness (QED) is 0.929. The van der Waals surface area contributed by atoms with Gasteiger partial charge in [0.1, 0.15) is 5.82 Å². The van der Waals surface area contributed by atoms with Gasteiger partial charge in [-0.05, 0) is 31.4 Å². The summed E-state index contributed by atoms with van der Waals surface area (Å²) in [4.78, 5) is 32.9. The number of amides is 1. The minimum Gasteiger partial charge on any atom is -0.481 e. The topological polar surface area (TPSA) is 73.7 Å². The summed E-state index contributed by atoms with van der Waals surface area (Å²) >= 11 is 0. The summed E-state index contributed by atoms with van der Waals surface area (Å²) in [5.41, 5.74) is 1.47. The molecule has 130 valence electrons. The number of hydrogen-bond acceptors (Lipinski definition) is 4. The number of nitrogens with zero attached hydrogens (tertiary/aromatic N) is 3. The fourth-order valence-electron chi connectivity index (χ4n) is 3.75. The second-order valence-electron chi connectivity index (χ2n) is 6.82. The summed E-state index contributed by atoms with van der Waals surface area (Å²) in [5, 5.41) is 10.1. The molecule has 2 aromatic rings. The molecule has 0 bridgehead atoms. The van der Waals surface area contributed by atoms with Crippen molar-refractivity contribution in [2.75, 3.05) is 31.1 Å². The maximum Gasteiger partial charge on any atom is 0.308 e. The third-order valence-electron chi connectivity index (χ3n) is 5.16. The maximum absolute atomic E-state index is 13.1. The molecule has 0 radical (unpaired) electrons. The van der Waals surface area contributed by atoms with E-state index in [2.05, 4.69) is 4.90 Å². The number of anilines is 1. The molecule has 3 heterocycles. The molecule has 1 N–H and O–H groups in total. The molecule has 2 aliphatic rings. The van der Waals surface area contributed by atoms with Gasteiger partial charge in [0.15, 0.2) is 0 Å². The van der Waals surface area contributed by atoms with Crippen LogP contribution in [0.25, 0.3) is 10.9 Å². The minimum absolute atomic E-state index is 0.107. The predicted octanol–water partition coefficient (Wildman–Crippen LogP) is 2.38. The van der Waals surface area contributed by atoms with Crippen LogP contribution in [0.2, 0.25) is 0 Å². The lowest BCUT2D eigenvalue weighted by Crippen LogP contribution is -2.32. The van der Waals surface area contributed by atoms with Crippen LogP contribution in [0.1, 0.15) is 29.6 Å². The number of aromatic nitrogens is 1. The Hall–Kier alpha value is -2.63. The fourth-order valence-corrected chi connectivity index (χ4v) is 3.75. The molecule has 1 aromatic heterocycles. The van der Waals surface area contributed by atoms with Gasteiger partial charge >= 0.3 is 5.97 Å². The Morgan fingerprint density at radius 2 is 1.88 bits per heavy atom. The van der Waals surface area contributed by atoms with E-state index < -0.39 is 11.9 Å². The summed E-state index contributed by atoms with van der Waals surface area (Å²) in [7, 11) is 0. The number of para-hydroxylation sites is 1. The lowest BCUT2D eigenvalue weighted by atomic mass is 10.1. The lowest BCUT2D eigenvalue weighted by Gasteiger charge is -2.23. The van der Waals surface area contributed by atoms with Crippen LogP contribution >= 0.6 is 0 Å². The molecule has 0 unspecified atom stereocenters. The zero-order chi connectivity index (χ0) is 17.4. The van der Waals surface area contributed by atoms with Gasteiger partial charge in [-0.25, -0.2) is 4.98 Å². The third kappa shape index (κ3) is 2.92. The van der Waals surface area contributed by atoms with Crippen molar-refractivity contribution in [2.24, 2.45) is 5.92 Å².